The van der Waals surface area contributed by atoms with Gasteiger partial charge in [-0.2, -0.15) is 5.10 Å². The number of halogens is 1. The van der Waals surface area contributed by atoms with Crippen LogP contribution in [0.4, 0.5) is 4.39 Å². The van der Waals surface area contributed by atoms with Crippen molar-refractivity contribution in [2.45, 2.75) is 0 Å². The van der Waals surface area contributed by atoms with Gasteiger partial charge in [0.05, 0.1) is 5.52 Å². The second-order valence-electron chi connectivity index (χ2n) is 3.73. The Balaban J connectivity index is 2.29. The van der Waals surface area contributed by atoms with Crippen molar-refractivity contribution in [2.75, 3.05) is 0 Å². The van der Waals surface area contributed by atoms with E-state index in [4.69, 9.17) is 7.85 Å². The molecule has 3 rings (SSSR count). The normalized spacial score (nSPS) is 10.9. The van der Waals surface area contributed by atoms with Gasteiger partial charge in [-0.3, -0.25) is 10.1 Å². The number of aromatic nitrogens is 3. The van der Waals surface area contributed by atoms with Crippen LogP contribution in [0.5, 0.6) is 0 Å². The third kappa shape index (κ3) is 1.60. The molecule has 0 bridgehead atoms. The third-order valence-electron chi connectivity index (χ3n) is 2.63. The molecule has 0 aliphatic heterocycles. The lowest BCUT2D eigenvalue weighted by atomic mass is 9.94. The zero-order valence-electron chi connectivity index (χ0n) is 8.81. The Bertz CT molecular complexity index is 679. The summed E-state index contributed by atoms with van der Waals surface area (Å²) in [6.07, 6.45) is 3.34. The van der Waals surface area contributed by atoms with Gasteiger partial charge in [-0.25, -0.2) is 4.39 Å². The molecular weight excluding hydrogens is 216 g/mol. The number of H-pyrrole nitrogens is 1. The molecule has 3 nitrogen and oxygen atoms in total. The number of hydrogen-bond acceptors (Lipinski definition) is 2. The van der Waals surface area contributed by atoms with Gasteiger partial charge in [0.2, 0.25) is 0 Å². The minimum Gasteiger partial charge on any atom is -0.277 e. The van der Waals surface area contributed by atoms with E-state index in [1.54, 1.807) is 18.5 Å². The number of hydrogen-bond donors (Lipinski definition) is 1. The Hall–Kier alpha value is -2.17. The molecule has 0 aliphatic rings. The Morgan fingerprint density at radius 2 is 1.94 bits per heavy atom. The highest BCUT2D eigenvalue weighted by atomic mass is 19.1. The van der Waals surface area contributed by atoms with Gasteiger partial charge in [0, 0.05) is 23.3 Å². The summed E-state index contributed by atoms with van der Waals surface area (Å²) >= 11 is 0. The standard InChI is InChI=1S/C12H7BFN3/c13-9-6-11-8(5-10(9)14)12(17-16-11)7-1-3-15-4-2-7/h1-6H,(H,16,17). The first-order valence-corrected chi connectivity index (χ1v) is 5.09. The summed E-state index contributed by atoms with van der Waals surface area (Å²) in [5.74, 6) is -0.436. The minimum atomic E-state index is -0.436. The molecule has 3 aromatic rings. The predicted octanol–water partition coefficient (Wildman–Crippen LogP) is 1.56. The van der Waals surface area contributed by atoms with E-state index in [0.29, 0.717) is 11.1 Å². The zero-order valence-corrected chi connectivity index (χ0v) is 8.81. The Morgan fingerprint density at radius 1 is 1.18 bits per heavy atom. The van der Waals surface area contributed by atoms with E-state index in [1.807, 2.05) is 12.1 Å². The topological polar surface area (TPSA) is 41.6 Å². The number of nitrogens with zero attached hydrogens (tertiary/aromatic N) is 2. The molecule has 0 aliphatic carbocycles. The average Bonchev–Trinajstić information content (AvgIpc) is 2.74. The molecule has 80 valence electrons. The number of fused-ring (bicyclic) bond motifs is 1. The van der Waals surface area contributed by atoms with Crippen LogP contribution in [0.3, 0.4) is 0 Å². The molecule has 1 N–H and O–H groups in total. The first-order chi connectivity index (χ1) is 8.25. The number of benzene rings is 1. The van der Waals surface area contributed by atoms with Crippen LogP contribution in [0.15, 0.2) is 36.7 Å². The largest absolute Gasteiger partial charge is 0.277 e. The van der Waals surface area contributed by atoms with Crippen molar-refractivity contribution in [3.63, 3.8) is 0 Å². The molecule has 17 heavy (non-hydrogen) atoms. The molecule has 0 saturated carbocycles. The smallest absolute Gasteiger partial charge is 0.118 e. The van der Waals surface area contributed by atoms with E-state index in [1.165, 1.54) is 6.07 Å². The lowest BCUT2D eigenvalue weighted by Crippen LogP contribution is -2.07. The Labute approximate surface area is 98.1 Å². The highest BCUT2D eigenvalue weighted by molar-refractivity contribution is 6.33. The zero-order chi connectivity index (χ0) is 11.8. The summed E-state index contributed by atoms with van der Waals surface area (Å²) in [7, 11) is 5.50. The maximum atomic E-state index is 13.4. The molecule has 2 radical (unpaired) electrons. The van der Waals surface area contributed by atoms with Crippen LogP contribution in [-0.4, -0.2) is 23.0 Å². The summed E-state index contributed by atoms with van der Waals surface area (Å²) in [6, 6.07) is 6.58. The van der Waals surface area contributed by atoms with Gasteiger partial charge in [0.15, 0.2) is 0 Å². The fraction of sp³-hybridized carbons (Fsp3) is 0. The van der Waals surface area contributed by atoms with Crippen LogP contribution in [0, 0.1) is 5.82 Å². The summed E-state index contributed by atoms with van der Waals surface area (Å²) in [5, 5.41) is 7.72. The number of aromatic amines is 1. The van der Waals surface area contributed by atoms with Crippen LogP contribution in [0.25, 0.3) is 22.2 Å². The van der Waals surface area contributed by atoms with Gasteiger partial charge in [-0.15, -0.1) is 0 Å². The van der Waals surface area contributed by atoms with E-state index >= 15 is 0 Å². The second-order valence-corrected chi connectivity index (χ2v) is 3.73. The maximum Gasteiger partial charge on any atom is 0.118 e. The number of pyridine rings is 1. The van der Waals surface area contributed by atoms with Crippen LogP contribution in [0.2, 0.25) is 0 Å². The van der Waals surface area contributed by atoms with Crippen LogP contribution in [-0.2, 0) is 0 Å². The van der Waals surface area contributed by atoms with Gasteiger partial charge in [-0.1, -0.05) is 5.46 Å². The first-order valence-electron chi connectivity index (χ1n) is 5.09. The molecule has 0 saturated heterocycles. The summed E-state index contributed by atoms with van der Waals surface area (Å²) in [4.78, 5) is 3.93. The lowest BCUT2D eigenvalue weighted by molar-refractivity contribution is 0.638. The number of nitrogens with one attached hydrogen (secondary N) is 1. The van der Waals surface area contributed by atoms with Gasteiger partial charge in [0.25, 0.3) is 0 Å². The molecule has 0 spiro atoms. The summed E-state index contributed by atoms with van der Waals surface area (Å²) in [6.45, 7) is 0. The van der Waals surface area contributed by atoms with Gasteiger partial charge < -0.3 is 0 Å². The van der Waals surface area contributed by atoms with Gasteiger partial charge >= 0.3 is 0 Å². The van der Waals surface area contributed by atoms with Crippen molar-refractivity contribution in [2.24, 2.45) is 0 Å². The Kier molecular flexibility index (Phi) is 2.18. The van der Waals surface area contributed by atoms with Crippen LogP contribution in [0.1, 0.15) is 0 Å². The molecule has 2 aromatic heterocycles. The highest BCUT2D eigenvalue weighted by Crippen LogP contribution is 2.25. The van der Waals surface area contributed by atoms with Gasteiger partial charge in [-0.05, 0) is 24.3 Å². The fourth-order valence-corrected chi connectivity index (χ4v) is 1.78. The van der Waals surface area contributed by atoms with Crippen molar-refractivity contribution in [3.8, 4) is 11.3 Å². The molecule has 0 fully saturated rings. The molecular formula is C12H7BFN3. The monoisotopic (exact) mass is 223 g/mol. The van der Waals surface area contributed by atoms with Crippen molar-refractivity contribution >= 4 is 24.2 Å². The van der Waals surface area contributed by atoms with Crippen molar-refractivity contribution in [1.29, 1.82) is 0 Å². The Morgan fingerprint density at radius 3 is 2.71 bits per heavy atom. The third-order valence-corrected chi connectivity index (χ3v) is 2.63. The van der Waals surface area contributed by atoms with Crippen molar-refractivity contribution in [1.82, 2.24) is 15.2 Å². The number of rotatable bonds is 1. The van der Waals surface area contributed by atoms with E-state index in [0.717, 1.165) is 11.1 Å². The predicted molar refractivity (Wildman–Crippen MR) is 64.7 cm³/mol. The van der Waals surface area contributed by atoms with E-state index in [9.17, 15) is 4.39 Å². The SMILES string of the molecule is [B]c1cc2[nH]nc(-c3ccncc3)c2cc1F. The van der Waals surface area contributed by atoms with Gasteiger partial charge in [0.1, 0.15) is 19.4 Å². The van der Waals surface area contributed by atoms with E-state index < -0.39 is 5.82 Å². The molecule has 1 aromatic carbocycles. The molecule has 5 heteroatoms. The van der Waals surface area contributed by atoms with E-state index in [-0.39, 0.29) is 5.46 Å². The molecule has 0 unspecified atom stereocenters. The van der Waals surface area contributed by atoms with Crippen molar-refractivity contribution in [3.05, 3.63) is 42.5 Å². The van der Waals surface area contributed by atoms with Crippen molar-refractivity contribution < 1.29 is 4.39 Å². The minimum absolute atomic E-state index is 0.113. The maximum absolute atomic E-state index is 13.4. The first kappa shape index (κ1) is 10.0. The quantitative estimate of drug-likeness (QED) is 0.636. The average molecular weight is 223 g/mol. The summed E-state index contributed by atoms with van der Waals surface area (Å²) < 4.78 is 13.4. The molecule has 0 amide bonds. The fourth-order valence-electron chi connectivity index (χ4n) is 1.78. The summed E-state index contributed by atoms with van der Waals surface area (Å²) in [5.41, 5.74) is 2.41. The molecule has 2 heterocycles. The van der Waals surface area contributed by atoms with Crippen LogP contribution >= 0.6 is 0 Å². The molecule has 0 atom stereocenters. The van der Waals surface area contributed by atoms with E-state index in [2.05, 4.69) is 15.2 Å². The lowest BCUT2D eigenvalue weighted by Gasteiger charge is -1.99. The van der Waals surface area contributed by atoms with Crippen LogP contribution < -0.4 is 5.46 Å². The second kappa shape index (κ2) is 3.70. The highest BCUT2D eigenvalue weighted by Gasteiger charge is 2.10.